The molecule has 90 valence electrons. The van der Waals surface area contributed by atoms with E-state index in [9.17, 15) is 4.39 Å². The van der Waals surface area contributed by atoms with Crippen molar-refractivity contribution in [2.24, 2.45) is 0 Å². The predicted octanol–water partition coefficient (Wildman–Crippen LogP) is 2.05. The molecular formula is C12H10FN5. The highest BCUT2D eigenvalue weighted by molar-refractivity contribution is 5.84. The van der Waals surface area contributed by atoms with Crippen LogP contribution in [0.2, 0.25) is 0 Å². The van der Waals surface area contributed by atoms with Gasteiger partial charge >= 0.3 is 0 Å². The SMILES string of the molecule is Cc1ccc(F)cc1-c1nc2ncnc(N)c2[nH]1. The molecule has 0 aliphatic carbocycles. The fourth-order valence-corrected chi connectivity index (χ4v) is 1.82. The van der Waals surface area contributed by atoms with Crippen molar-refractivity contribution in [2.75, 3.05) is 5.73 Å². The lowest BCUT2D eigenvalue weighted by molar-refractivity contribution is 0.628. The summed E-state index contributed by atoms with van der Waals surface area (Å²) < 4.78 is 13.3. The van der Waals surface area contributed by atoms with Crippen molar-refractivity contribution in [3.63, 3.8) is 0 Å². The second kappa shape index (κ2) is 3.76. The quantitative estimate of drug-likeness (QED) is 0.685. The van der Waals surface area contributed by atoms with Crippen molar-refractivity contribution < 1.29 is 4.39 Å². The van der Waals surface area contributed by atoms with Crippen LogP contribution in [0.15, 0.2) is 24.5 Å². The van der Waals surface area contributed by atoms with Crippen molar-refractivity contribution in [3.05, 3.63) is 35.9 Å². The van der Waals surface area contributed by atoms with Crippen LogP contribution in [0.3, 0.4) is 0 Å². The Hall–Kier alpha value is -2.50. The van der Waals surface area contributed by atoms with Crippen LogP contribution in [0.5, 0.6) is 0 Å². The summed E-state index contributed by atoms with van der Waals surface area (Å²) in [6.45, 7) is 1.89. The zero-order chi connectivity index (χ0) is 12.7. The largest absolute Gasteiger partial charge is 0.382 e. The maximum Gasteiger partial charge on any atom is 0.183 e. The van der Waals surface area contributed by atoms with Gasteiger partial charge < -0.3 is 10.7 Å². The lowest BCUT2D eigenvalue weighted by Crippen LogP contribution is -1.91. The Bertz CT molecular complexity index is 734. The van der Waals surface area contributed by atoms with Crippen molar-refractivity contribution in [1.82, 2.24) is 19.9 Å². The van der Waals surface area contributed by atoms with Crippen molar-refractivity contribution >= 4 is 17.0 Å². The molecule has 0 saturated carbocycles. The van der Waals surface area contributed by atoms with E-state index < -0.39 is 0 Å². The summed E-state index contributed by atoms with van der Waals surface area (Å²) in [4.78, 5) is 15.2. The first-order valence-corrected chi connectivity index (χ1v) is 5.38. The molecule has 3 rings (SSSR count). The molecule has 0 saturated heterocycles. The number of aryl methyl sites for hydroxylation is 1. The predicted molar refractivity (Wildman–Crippen MR) is 66.2 cm³/mol. The number of aromatic nitrogens is 4. The van der Waals surface area contributed by atoms with Crippen molar-refractivity contribution in [2.45, 2.75) is 6.92 Å². The topological polar surface area (TPSA) is 80.5 Å². The number of nitrogens with one attached hydrogen (secondary N) is 1. The summed E-state index contributed by atoms with van der Waals surface area (Å²) in [6, 6.07) is 4.54. The molecule has 0 radical (unpaired) electrons. The van der Waals surface area contributed by atoms with Gasteiger partial charge in [0.1, 0.15) is 23.5 Å². The van der Waals surface area contributed by atoms with Crippen LogP contribution >= 0.6 is 0 Å². The Balaban J connectivity index is 2.26. The van der Waals surface area contributed by atoms with Gasteiger partial charge in [-0.15, -0.1) is 0 Å². The van der Waals surface area contributed by atoms with E-state index in [4.69, 9.17) is 5.73 Å². The normalized spacial score (nSPS) is 11.0. The summed E-state index contributed by atoms with van der Waals surface area (Å²) in [7, 11) is 0. The number of halogens is 1. The first kappa shape index (κ1) is 10.6. The summed E-state index contributed by atoms with van der Waals surface area (Å²) in [5.41, 5.74) is 8.36. The Morgan fingerprint density at radius 3 is 2.89 bits per heavy atom. The number of H-pyrrole nitrogens is 1. The molecule has 0 bridgehead atoms. The van der Waals surface area contributed by atoms with Crippen molar-refractivity contribution in [3.8, 4) is 11.4 Å². The maximum absolute atomic E-state index is 13.3. The highest BCUT2D eigenvalue weighted by Gasteiger charge is 2.11. The number of nitrogens with zero attached hydrogens (tertiary/aromatic N) is 3. The van der Waals surface area contributed by atoms with Gasteiger partial charge in [-0.05, 0) is 24.6 Å². The number of benzene rings is 1. The van der Waals surface area contributed by atoms with Crippen LogP contribution in [0.4, 0.5) is 10.2 Å². The van der Waals surface area contributed by atoms with E-state index in [0.717, 1.165) is 5.56 Å². The van der Waals surface area contributed by atoms with E-state index in [0.29, 0.717) is 28.4 Å². The van der Waals surface area contributed by atoms with E-state index in [1.165, 1.54) is 18.5 Å². The second-order valence-electron chi connectivity index (χ2n) is 4.00. The molecular weight excluding hydrogens is 233 g/mol. The molecule has 0 fully saturated rings. The number of rotatable bonds is 1. The number of nitrogen functional groups attached to an aromatic ring is 1. The molecule has 2 aromatic heterocycles. The van der Waals surface area contributed by atoms with Gasteiger partial charge in [0.05, 0.1) is 0 Å². The minimum atomic E-state index is -0.310. The number of hydrogen-bond acceptors (Lipinski definition) is 4. The van der Waals surface area contributed by atoms with E-state index in [2.05, 4.69) is 19.9 Å². The third-order valence-electron chi connectivity index (χ3n) is 2.77. The number of nitrogens with two attached hydrogens (primary N) is 1. The monoisotopic (exact) mass is 243 g/mol. The average molecular weight is 243 g/mol. The molecule has 0 unspecified atom stereocenters. The number of imidazole rings is 1. The molecule has 2 heterocycles. The van der Waals surface area contributed by atoms with E-state index in [-0.39, 0.29) is 5.82 Å². The van der Waals surface area contributed by atoms with Gasteiger partial charge in [0, 0.05) is 5.56 Å². The van der Waals surface area contributed by atoms with Gasteiger partial charge in [0.2, 0.25) is 0 Å². The number of aromatic amines is 1. The van der Waals surface area contributed by atoms with Crippen LogP contribution in [-0.2, 0) is 0 Å². The molecule has 0 spiro atoms. The Kier molecular flexibility index (Phi) is 2.22. The molecule has 0 aliphatic rings. The van der Waals surface area contributed by atoms with Crippen LogP contribution < -0.4 is 5.73 Å². The fraction of sp³-hybridized carbons (Fsp3) is 0.0833. The first-order valence-electron chi connectivity index (χ1n) is 5.38. The standard InChI is InChI=1S/C12H10FN5/c1-6-2-3-7(13)4-8(6)11-17-9-10(14)15-5-16-12(9)18-11/h2-5H,1H3,(H3,14,15,16,17,18). The lowest BCUT2D eigenvalue weighted by atomic mass is 10.1. The van der Waals surface area contributed by atoms with Gasteiger partial charge in [0.25, 0.3) is 0 Å². The molecule has 5 nitrogen and oxygen atoms in total. The van der Waals surface area contributed by atoms with Gasteiger partial charge in [-0.2, -0.15) is 0 Å². The molecule has 18 heavy (non-hydrogen) atoms. The van der Waals surface area contributed by atoms with E-state index in [1.807, 2.05) is 6.92 Å². The summed E-state index contributed by atoms with van der Waals surface area (Å²) in [5.74, 6) is 0.553. The molecule has 3 N–H and O–H groups in total. The minimum Gasteiger partial charge on any atom is -0.382 e. The van der Waals surface area contributed by atoms with Gasteiger partial charge in [-0.25, -0.2) is 19.3 Å². The molecule has 3 aromatic rings. The second-order valence-corrected chi connectivity index (χ2v) is 4.00. The average Bonchev–Trinajstić information content (AvgIpc) is 2.77. The maximum atomic E-state index is 13.3. The van der Waals surface area contributed by atoms with Gasteiger partial charge in [-0.3, -0.25) is 0 Å². The number of anilines is 1. The molecule has 6 heteroatoms. The Morgan fingerprint density at radius 2 is 2.11 bits per heavy atom. The van der Waals surface area contributed by atoms with E-state index in [1.54, 1.807) is 6.07 Å². The molecule has 0 aliphatic heterocycles. The van der Waals surface area contributed by atoms with Gasteiger partial charge in [-0.1, -0.05) is 6.07 Å². The van der Waals surface area contributed by atoms with Crippen LogP contribution in [-0.4, -0.2) is 19.9 Å². The number of hydrogen-bond donors (Lipinski definition) is 2. The highest BCUT2D eigenvalue weighted by atomic mass is 19.1. The van der Waals surface area contributed by atoms with E-state index >= 15 is 0 Å². The summed E-state index contributed by atoms with van der Waals surface area (Å²) >= 11 is 0. The zero-order valence-corrected chi connectivity index (χ0v) is 9.61. The molecule has 0 amide bonds. The third kappa shape index (κ3) is 1.58. The fourth-order valence-electron chi connectivity index (χ4n) is 1.82. The first-order chi connectivity index (χ1) is 8.65. The molecule has 0 atom stereocenters. The zero-order valence-electron chi connectivity index (χ0n) is 9.61. The smallest absolute Gasteiger partial charge is 0.183 e. The van der Waals surface area contributed by atoms with Gasteiger partial charge in [0.15, 0.2) is 11.5 Å². The summed E-state index contributed by atoms with van der Waals surface area (Å²) in [5, 5.41) is 0. The van der Waals surface area contributed by atoms with Crippen LogP contribution in [0, 0.1) is 12.7 Å². The minimum absolute atomic E-state index is 0.310. The van der Waals surface area contributed by atoms with Crippen molar-refractivity contribution in [1.29, 1.82) is 0 Å². The Morgan fingerprint density at radius 1 is 1.28 bits per heavy atom. The van der Waals surface area contributed by atoms with Crippen LogP contribution in [0.25, 0.3) is 22.6 Å². The summed E-state index contributed by atoms with van der Waals surface area (Å²) in [6.07, 6.45) is 1.35. The Labute approximate surface area is 102 Å². The lowest BCUT2D eigenvalue weighted by Gasteiger charge is -2.01. The van der Waals surface area contributed by atoms with Crippen LogP contribution in [0.1, 0.15) is 5.56 Å². The number of fused-ring (bicyclic) bond motifs is 1. The molecule has 1 aromatic carbocycles. The third-order valence-corrected chi connectivity index (χ3v) is 2.77. The highest BCUT2D eigenvalue weighted by Crippen LogP contribution is 2.24.